The number of halogens is 2. The van der Waals surface area contributed by atoms with Crippen molar-refractivity contribution >= 4 is 8.25 Å². The van der Waals surface area contributed by atoms with Gasteiger partial charge < -0.3 is 14.7 Å². The van der Waals surface area contributed by atoms with E-state index in [0.29, 0.717) is 24.9 Å². The molecule has 0 radical (unpaired) electrons. The highest BCUT2D eigenvalue weighted by atomic mass is 31.1. The van der Waals surface area contributed by atoms with Gasteiger partial charge in [0, 0.05) is 12.1 Å². The van der Waals surface area contributed by atoms with Crippen LogP contribution in [0.15, 0.2) is 42.5 Å². The zero-order chi connectivity index (χ0) is 20.9. The molecule has 0 heterocycles. The Kier molecular flexibility index (Phi) is 11.1. The molecule has 1 unspecified atom stereocenters. The minimum Gasteiger partial charge on any atom is -0.326 e. The summed E-state index contributed by atoms with van der Waals surface area (Å²) >= 11 is 0. The van der Waals surface area contributed by atoms with Gasteiger partial charge in [0.05, 0.1) is 6.61 Å². The number of aryl methyl sites for hydroxylation is 2. The van der Waals surface area contributed by atoms with Gasteiger partial charge in [-0.05, 0) is 61.9 Å². The molecule has 1 atom stereocenters. The Labute approximate surface area is 172 Å². The summed E-state index contributed by atoms with van der Waals surface area (Å²) in [6, 6.07) is 12.9. The Hall–Kier alpha value is -1.59. The van der Waals surface area contributed by atoms with Gasteiger partial charge in [0.2, 0.25) is 0 Å². The quantitative estimate of drug-likeness (QED) is 0.323. The first kappa shape index (κ1) is 23.7. The van der Waals surface area contributed by atoms with Crippen molar-refractivity contribution in [2.45, 2.75) is 51.5 Å². The summed E-state index contributed by atoms with van der Waals surface area (Å²) in [7, 11) is -2.90. The summed E-state index contributed by atoms with van der Waals surface area (Å²) in [5.74, 6) is -0.774. The Balaban J connectivity index is 1.65. The monoisotopic (exact) mass is 425 g/mol. The van der Waals surface area contributed by atoms with Crippen molar-refractivity contribution in [1.29, 1.82) is 0 Å². The van der Waals surface area contributed by atoms with Gasteiger partial charge in [0.15, 0.2) is 0 Å². The van der Waals surface area contributed by atoms with Crippen LogP contribution in [0.25, 0.3) is 0 Å². The fourth-order valence-electron chi connectivity index (χ4n) is 3.18. The third-order valence-electron chi connectivity index (χ3n) is 4.76. The second-order valence-electron chi connectivity index (χ2n) is 7.08. The van der Waals surface area contributed by atoms with Crippen molar-refractivity contribution in [3.63, 3.8) is 0 Å². The topological polar surface area (TPSA) is 58.6 Å². The first-order valence-corrected chi connectivity index (χ1v) is 11.4. The molecule has 2 aromatic rings. The highest BCUT2D eigenvalue weighted by molar-refractivity contribution is 7.32. The molecule has 0 aliphatic rings. The average Bonchev–Trinajstić information content (AvgIpc) is 2.70. The maximum Gasteiger partial charge on any atom is 0.316 e. The number of hydrogen-bond donors (Lipinski definition) is 2. The zero-order valence-corrected chi connectivity index (χ0v) is 17.6. The normalized spacial score (nSPS) is 12.2. The maximum absolute atomic E-state index is 14.3. The van der Waals surface area contributed by atoms with Gasteiger partial charge in [-0.2, -0.15) is 0 Å². The van der Waals surface area contributed by atoms with Crippen molar-refractivity contribution < 1.29 is 22.8 Å². The van der Waals surface area contributed by atoms with Crippen LogP contribution in [0.2, 0.25) is 0 Å². The second-order valence-corrected chi connectivity index (χ2v) is 7.90. The van der Waals surface area contributed by atoms with E-state index < -0.39 is 14.1 Å². The van der Waals surface area contributed by atoms with Crippen LogP contribution in [-0.2, 0) is 28.5 Å². The van der Waals surface area contributed by atoms with Crippen LogP contribution in [0.4, 0.5) is 8.78 Å². The van der Waals surface area contributed by atoms with Gasteiger partial charge in [0.25, 0.3) is 0 Å². The van der Waals surface area contributed by atoms with Crippen molar-refractivity contribution in [2.24, 2.45) is 0 Å². The largest absolute Gasteiger partial charge is 0.326 e. The van der Waals surface area contributed by atoms with E-state index in [9.17, 15) is 13.3 Å². The minimum absolute atomic E-state index is 0.155. The molecule has 0 aromatic heterocycles. The van der Waals surface area contributed by atoms with Crippen molar-refractivity contribution in [3.05, 3.63) is 70.8 Å². The molecule has 0 amide bonds. The van der Waals surface area contributed by atoms with E-state index >= 15 is 0 Å². The molecule has 2 rings (SSSR count). The van der Waals surface area contributed by atoms with Crippen molar-refractivity contribution in [2.75, 3.05) is 13.2 Å². The van der Waals surface area contributed by atoms with Gasteiger partial charge in [-0.3, -0.25) is 4.57 Å². The smallest absolute Gasteiger partial charge is 0.316 e. The summed E-state index contributed by atoms with van der Waals surface area (Å²) in [4.78, 5) is 8.54. The molecule has 0 fully saturated rings. The Bertz CT molecular complexity index is 759. The van der Waals surface area contributed by atoms with Crippen LogP contribution >= 0.6 is 8.25 Å². The maximum atomic E-state index is 14.3. The van der Waals surface area contributed by atoms with Gasteiger partial charge in [-0.1, -0.05) is 43.2 Å². The van der Waals surface area contributed by atoms with Crippen LogP contribution in [0.1, 0.15) is 48.8 Å². The van der Waals surface area contributed by atoms with E-state index in [1.54, 1.807) is 0 Å². The third-order valence-corrected chi connectivity index (χ3v) is 5.21. The predicted octanol–water partition coefficient (Wildman–Crippen LogP) is 5.19. The molecule has 2 N–H and O–H groups in total. The summed E-state index contributed by atoms with van der Waals surface area (Å²) < 4.78 is 43.5. The summed E-state index contributed by atoms with van der Waals surface area (Å²) in [5, 5.41) is 2.98. The number of hydrogen-bond acceptors (Lipinski definition) is 3. The first-order chi connectivity index (χ1) is 14.1. The SMILES string of the molecule is O=[PH](O)OCCCNCc1cc(F)c(CCCCCCc2ccccc2)cc1F. The van der Waals surface area contributed by atoms with Gasteiger partial charge in [0.1, 0.15) is 11.6 Å². The van der Waals surface area contributed by atoms with E-state index in [1.165, 1.54) is 17.7 Å². The minimum atomic E-state index is -2.90. The number of rotatable bonds is 14. The van der Waals surface area contributed by atoms with Crippen LogP contribution in [0.5, 0.6) is 0 Å². The zero-order valence-electron chi connectivity index (χ0n) is 16.6. The summed E-state index contributed by atoms with van der Waals surface area (Å²) in [5.41, 5.74) is 2.04. The Morgan fingerprint density at radius 2 is 1.55 bits per heavy atom. The Morgan fingerprint density at radius 1 is 0.897 bits per heavy atom. The summed E-state index contributed by atoms with van der Waals surface area (Å²) in [6.45, 7) is 0.847. The molecule has 0 saturated heterocycles. The van der Waals surface area contributed by atoms with E-state index in [4.69, 9.17) is 4.89 Å². The highest BCUT2D eigenvalue weighted by Crippen LogP contribution is 2.18. The molecule has 0 aliphatic carbocycles. The van der Waals surface area contributed by atoms with E-state index in [0.717, 1.165) is 32.1 Å². The van der Waals surface area contributed by atoms with Crippen LogP contribution < -0.4 is 5.32 Å². The second kappa shape index (κ2) is 13.6. The van der Waals surface area contributed by atoms with E-state index in [-0.39, 0.29) is 24.5 Å². The van der Waals surface area contributed by atoms with Crippen molar-refractivity contribution in [1.82, 2.24) is 5.32 Å². The molecule has 0 bridgehead atoms. The highest BCUT2D eigenvalue weighted by Gasteiger charge is 2.10. The number of nitrogens with one attached hydrogen (secondary N) is 1. The Morgan fingerprint density at radius 3 is 2.28 bits per heavy atom. The van der Waals surface area contributed by atoms with Gasteiger partial charge in [-0.15, -0.1) is 0 Å². The summed E-state index contributed by atoms with van der Waals surface area (Å²) in [6.07, 6.45) is 6.14. The fourth-order valence-corrected chi connectivity index (χ4v) is 3.50. The predicted molar refractivity (Wildman–Crippen MR) is 112 cm³/mol. The average molecular weight is 425 g/mol. The molecule has 0 saturated carbocycles. The molecule has 4 nitrogen and oxygen atoms in total. The van der Waals surface area contributed by atoms with Crippen LogP contribution in [0.3, 0.4) is 0 Å². The van der Waals surface area contributed by atoms with Crippen LogP contribution in [0, 0.1) is 11.6 Å². The fraction of sp³-hybridized carbons (Fsp3) is 0.455. The van der Waals surface area contributed by atoms with Crippen LogP contribution in [-0.4, -0.2) is 18.0 Å². The molecule has 7 heteroatoms. The molecular formula is C22H30F2NO3P. The van der Waals surface area contributed by atoms with E-state index in [1.807, 2.05) is 18.2 Å². The molecule has 29 heavy (non-hydrogen) atoms. The third kappa shape index (κ3) is 9.64. The first-order valence-electron chi connectivity index (χ1n) is 10.1. The van der Waals surface area contributed by atoms with Gasteiger partial charge in [-0.25, -0.2) is 8.78 Å². The van der Waals surface area contributed by atoms with Gasteiger partial charge >= 0.3 is 8.25 Å². The number of unbranched alkanes of at least 4 members (excludes halogenated alkanes) is 3. The molecular weight excluding hydrogens is 395 g/mol. The lowest BCUT2D eigenvalue weighted by Crippen LogP contribution is -2.17. The van der Waals surface area contributed by atoms with E-state index in [2.05, 4.69) is 22.0 Å². The molecule has 160 valence electrons. The standard InChI is InChI=1S/C22H30F2NO3P/c23-21-16-20(17-25-13-8-14-28-29(26)27)22(24)15-19(21)12-7-2-1-4-9-18-10-5-3-6-11-18/h3,5-6,10-11,15-16,25,29H,1-2,4,7-9,12-14,17H2,(H,26,27). The lowest BCUT2D eigenvalue weighted by Gasteiger charge is -2.10. The lowest BCUT2D eigenvalue weighted by atomic mass is 10.0. The number of benzene rings is 2. The van der Waals surface area contributed by atoms with Crippen molar-refractivity contribution in [3.8, 4) is 0 Å². The molecule has 2 aromatic carbocycles. The lowest BCUT2D eigenvalue weighted by molar-refractivity contribution is 0.276. The molecule has 0 aliphatic heterocycles. The molecule has 0 spiro atoms.